The van der Waals surface area contributed by atoms with Crippen molar-refractivity contribution in [2.24, 2.45) is 0 Å². The normalized spacial score (nSPS) is 11.4. The van der Waals surface area contributed by atoms with E-state index < -0.39 is 17.9 Å². The second-order valence-electron chi connectivity index (χ2n) is 8.92. The molecule has 0 aliphatic heterocycles. The molecule has 1 amide bonds. The highest BCUT2D eigenvalue weighted by Crippen LogP contribution is 2.30. The number of aryl methyl sites for hydroxylation is 1. The minimum absolute atomic E-state index is 0.0473. The van der Waals surface area contributed by atoms with E-state index in [-0.39, 0.29) is 35.6 Å². The van der Waals surface area contributed by atoms with Gasteiger partial charge in [-0.25, -0.2) is 4.79 Å². The van der Waals surface area contributed by atoms with Crippen LogP contribution < -0.4 is 14.8 Å². The highest BCUT2D eigenvalue weighted by atomic mass is 32.1. The van der Waals surface area contributed by atoms with Crippen molar-refractivity contribution in [2.45, 2.75) is 38.0 Å². The van der Waals surface area contributed by atoms with Gasteiger partial charge in [0.25, 0.3) is 0 Å². The number of carbonyl (C=O) groups excluding carboxylic acids is 1. The zero-order valence-electron chi connectivity index (χ0n) is 21.5. The van der Waals surface area contributed by atoms with Gasteiger partial charge in [-0.15, -0.1) is 0 Å². The van der Waals surface area contributed by atoms with Crippen molar-refractivity contribution in [3.05, 3.63) is 89.5 Å². The van der Waals surface area contributed by atoms with Crippen LogP contribution in [0.3, 0.4) is 0 Å². The van der Waals surface area contributed by atoms with Gasteiger partial charge in [0, 0.05) is 12.1 Å². The van der Waals surface area contributed by atoms with Gasteiger partial charge in [-0.3, -0.25) is 9.59 Å². The number of unbranched alkanes of at least 4 members (excludes halogenated alkanes) is 1. The molecule has 0 aliphatic carbocycles. The minimum Gasteiger partial charge on any atom is -0.494 e. The summed E-state index contributed by atoms with van der Waals surface area (Å²) in [6.07, 6.45) is 2.51. The molecule has 3 aromatic rings. The quantitative estimate of drug-likeness (QED) is 0.133. The Bertz CT molecular complexity index is 1250. The number of amides is 1. The van der Waals surface area contributed by atoms with Gasteiger partial charge in [0.2, 0.25) is 5.91 Å². The smallest absolute Gasteiger partial charge is 0.335 e. The Morgan fingerprint density at radius 3 is 2.21 bits per heavy atom. The molecule has 0 bridgehead atoms. The third-order valence-corrected chi connectivity index (χ3v) is 6.28. The van der Waals surface area contributed by atoms with Crippen molar-refractivity contribution in [3.8, 4) is 11.5 Å². The van der Waals surface area contributed by atoms with Gasteiger partial charge in [0.1, 0.15) is 11.5 Å². The van der Waals surface area contributed by atoms with Gasteiger partial charge in [-0.2, -0.15) is 12.6 Å². The number of ether oxygens (including phenoxy) is 2. The van der Waals surface area contributed by atoms with Gasteiger partial charge in [0.05, 0.1) is 24.7 Å². The fourth-order valence-electron chi connectivity index (χ4n) is 4.00. The Labute approximate surface area is 233 Å². The van der Waals surface area contributed by atoms with E-state index in [1.165, 1.54) is 18.2 Å². The van der Waals surface area contributed by atoms with Crippen LogP contribution in [-0.4, -0.2) is 47.0 Å². The average molecular weight is 552 g/mol. The number of nitrogens with one attached hydrogen (secondary N) is 1. The number of hydrogen-bond acceptors (Lipinski definition) is 6. The maximum atomic E-state index is 12.7. The molecule has 0 radical (unpaired) electrons. The fourth-order valence-corrected chi connectivity index (χ4v) is 4.26. The lowest BCUT2D eigenvalue weighted by Gasteiger charge is -2.18. The molecule has 3 aromatic carbocycles. The lowest BCUT2D eigenvalue weighted by Crippen LogP contribution is -2.19. The molecule has 0 saturated carbocycles. The van der Waals surface area contributed by atoms with Crippen molar-refractivity contribution < 1.29 is 34.1 Å². The Morgan fingerprint density at radius 1 is 0.846 bits per heavy atom. The number of thiol groups is 1. The summed E-state index contributed by atoms with van der Waals surface area (Å²) in [5, 5.41) is 21.8. The average Bonchev–Trinajstić information content (AvgIpc) is 2.93. The number of benzene rings is 3. The Morgan fingerprint density at radius 2 is 1.54 bits per heavy atom. The summed E-state index contributed by atoms with van der Waals surface area (Å²) in [5.41, 5.74) is 1.41. The molecular formula is C30H33NO7S. The summed E-state index contributed by atoms with van der Waals surface area (Å²) in [6, 6.07) is 21.3. The van der Waals surface area contributed by atoms with Crippen LogP contribution in [0.2, 0.25) is 0 Å². The van der Waals surface area contributed by atoms with E-state index in [0.717, 1.165) is 29.9 Å². The highest BCUT2D eigenvalue weighted by molar-refractivity contribution is 7.80. The van der Waals surface area contributed by atoms with E-state index in [1.54, 1.807) is 0 Å². The number of carboxylic acids is 2. The Kier molecular flexibility index (Phi) is 11.7. The van der Waals surface area contributed by atoms with Crippen LogP contribution in [0.1, 0.15) is 53.1 Å². The van der Waals surface area contributed by atoms with Crippen LogP contribution in [0.15, 0.2) is 72.8 Å². The molecule has 206 valence electrons. The van der Waals surface area contributed by atoms with E-state index in [2.05, 4.69) is 17.9 Å². The molecule has 3 N–H and O–H groups in total. The lowest BCUT2D eigenvalue weighted by atomic mass is 9.93. The third-order valence-electron chi connectivity index (χ3n) is 6.02. The van der Waals surface area contributed by atoms with Gasteiger partial charge in [-0.05, 0) is 85.0 Å². The second-order valence-corrected chi connectivity index (χ2v) is 9.37. The molecule has 0 saturated heterocycles. The summed E-state index contributed by atoms with van der Waals surface area (Å²) in [4.78, 5) is 36.0. The van der Waals surface area contributed by atoms with Crippen molar-refractivity contribution >= 4 is 36.2 Å². The predicted molar refractivity (Wildman–Crippen MR) is 152 cm³/mol. The molecule has 0 aliphatic rings. The fraction of sp³-hybridized carbons (Fsp3) is 0.300. The largest absolute Gasteiger partial charge is 0.494 e. The summed E-state index contributed by atoms with van der Waals surface area (Å²) in [7, 11) is 0. The zero-order valence-corrected chi connectivity index (χ0v) is 22.4. The summed E-state index contributed by atoms with van der Waals surface area (Å²) in [6.45, 7) is 1.17. The van der Waals surface area contributed by atoms with Gasteiger partial charge in [-0.1, -0.05) is 30.3 Å². The van der Waals surface area contributed by atoms with E-state index in [4.69, 9.17) is 9.47 Å². The third kappa shape index (κ3) is 9.68. The predicted octanol–water partition coefficient (Wildman–Crippen LogP) is 5.68. The highest BCUT2D eigenvalue weighted by Gasteiger charge is 2.24. The SMILES string of the molecule is O=C(CCc1cccc(OCCCCOc2ccccc2)c1)Nc1ccc(C(=O)O)cc1C(CCS)C(=O)O. The van der Waals surface area contributed by atoms with Crippen LogP contribution in [-0.2, 0) is 16.0 Å². The first kappa shape index (κ1) is 29.6. The van der Waals surface area contributed by atoms with Crippen molar-refractivity contribution in [2.75, 3.05) is 24.3 Å². The van der Waals surface area contributed by atoms with Crippen molar-refractivity contribution in [1.29, 1.82) is 0 Å². The molecule has 8 nitrogen and oxygen atoms in total. The lowest BCUT2D eigenvalue weighted by molar-refractivity contribution is -0.138. The molecule has 1 unspecified atom stereocenters. The van der Waals surface area contributed by atoms with E-state index in [0.29, 0.717) is 25.4 Å². The molecule has 0 spiro atoms. The van der Waals surface area contributed by atoms with Crippen molar-refractivity contribution in [1.82, 2.24) is 0 Å². The van der Waals surface area contributed by atoms with Gasteiger partial charge in [0.15, 0.2) is 0 Å². The minimum atomic E-state index is -1.17. The molecule has 0 heterocycles. The van der Waals surface area contributed by atoms with E-state index in [9.17, 15) is 24.6 Å². The summed E-state index contributed by atoms with van der Waals surface area (Å²) in [5.74, 6) is -1.71. The topological polar surface area (TPSA) is 122 Å². The maximum absolute atomic E-state index is 12.7. The first-order valence-electron chi connectivity index (χ1n) is 12.8. The monoisotopic (exact) mass is 551 g/mol. The molecule has 3 rings (SSSR count). The maximum Gasteiger partial charge on any atom is 0.335 e. The standard InChI is InChI=1S/C30H33NO7S/c32-28(31-27-13-12-22(29(33)34)20-26(27)25(15-18-39)30(35)36)14-11-21-7-6-10-24(19-21)38-17-5-4-16-37-23-8-2-1-3-9-23/h1-3,6-10,12-13,19-20,25,39H,4-5,11,14-18H2,(H,31,32)(H,33,34)(H,35,36). The van der Waals surface area contributed by atoms with Gasteiger partial charge < -0.3 is 25.0 Å². The second kappa shape index (κ2) is 15.4. The van der Waals surface area contributed by atoms with Crippen LogP contribution in [0.5, 0.6) is 11.5 Å². The van der Waals surface area contributed by atoms with E-state index >= 15 is 0 Å². The summed E-state index contributed by atoms with van der Waals surface area (Å²) >= 11 is 4.12. The first-order valence-corrected chi connectivity index (χ1v) is 13.4. The number of hydrogen-bond donors (Lipinski definition) is 4. The van der Waals surface area contributed by atoms with Crippen LogP contribution in [0.25, 0.3) is 0 Å². The number of anilines is 1. The summed E-state index contributed by atoms with van der Waals surface area (Å²) < 4.78 is 11.5. The molecule has 0 aromatic heterocycles. The van der Waals surface area contributed by atoms with Crippen molar-refractivity contribution in [3.63, 3.8) is 0 Å². The molecule has 1 atom stereocenters. The zero-order chi connectivity index (χ0) is 28.0. The van der Waals surface area contributed by atoms with Crippen LogP contribution in [0, 0.1) is 0 Å². The number of aliphatic carboxylic acids is 1. The number of aromatic carboxylic acids is 1. The Hall–Kier alpha value is -3.98. The van der Waals surface area contributed by atoms with Crippen LogP contribution >= 0.6 is 12.6 Å². The first-order chi connectivity index (χ1) is 18.9. The van der Waals surface area contributed by atoms with Crippen LogP contribution in [0.4, 0.5) is 5.69 Å². The number of carboxylic acid groups (broad SMARTS) is 2. The number of rotatable bonds is 16. The molecule has 0 fully saturated rings. The van der Waals surface area contributed by atoms with E-state index in [1.807, 2.05) is 54.6 Å². The molecule has 39 heavy (non-hydrogen) atoms. The van der Waals surface area contributed by atoms with Gasteiger partial charge >= 0.3 is 11.9 Å². The Balaban J connectivity index is 1.51. The molecular weight excluding hydrogens is 518 g/mol. The molecule has 9 heteroatoms. The number of para-hydroxylation sites is 1. The number of carbonyl (C=O) groups is 3.